The molecule has 3 aromatic rings. The zero-order chi connectivity index (χ0) is 11.8. The average Bonchev–Trinajstić information content (AvgIpc) is 2.40. The maximum atomic E-state index is 5.71. The van der Waals surface area contributed by atoms with Crippen molar-refractivity contribution in [3.8, 4) is 0 Å². The van der Waals surface area contributed by atoms with Crippen molar-refractivity contribution in [3.05, 3.63) is 53.2 Å². The molecule has 2 aromatic carbocycles. The summed E-state index contributed by atoms with van der Waals surface area (Å²) in [5.74, 6) is 0. The summed E-state index contributed by atoms with van der Waals surface area (Å²) >= 11 is 0. The second-order valence-corrected chi connectivity index (χ2v) is 4.03. The van der Waals surface area contributed by atoms with Gasteiger partial charge in [0.2, 0.25) is 0 Å². The Hall–Kier alpha value is -2.35. The second-order valence-electron chi connectivity index (χ2n) is 4.03. The molecule has 0 aliphatic heterocycles. The van der Waals surface area contributed by atoms with Gasteiger partial charge in [-0.1, -0.05) is 30.8 Å². The van der Waals surface area contributed by atoms with Crippen LogP contribution in [0.5, 0.6) is 0 Å². The van der Waals surface area contributed by atoms with Crippen molar-refractivity contribution >= 4 is 34.3 Å². The van der Waals surface area contributed by atoms with Gasteiger partial charge in [-0.15, -0.1) is 0 Å². The second kappa shape index (κ2) is 3.59. The Morgan fingerprint density at radius 3 is 2.47 bits per heavy atom. The predicted molar refractivity (Wildman–Crippen MR) is 72.7 cm³/mol. The Morgan fingerprint density at radius 2 is 1.71 bits per heavy atom. The minimum absolute atomic E-state index is 0.962. The molecular weight excluding hydrogens is 208 g/mol. The molecule has 0 unspecified atom stereocenters. The number of nitrogens with two attached hydrogens (primary N) is 1. The molecule has 0 atom stereocenters. The van der Waals surface area contributed by atoms with Gasteiger partial charge in [-0.3, -0.25) is 4.98 Å². The number of benzene rings is 2. The van der Waals surface area contributed by atoms with Crippen molar-refractivity contribution in [1.82, 2.24) is 4.98 Å². The molecule has 0 saturated heterocycles. The zero-order valence-electron chi connectivity index (χ0n) is 9.35. The van der Waals surface area contributed by atoms with E-state index in [1.807, 2.05) is 24.4 Å². The summed E-state index contributed by atoms with van der Waals surface area (Å²) in [7, 11) is 0. The van der Waals surface area contributed by atoms with Crippen LogP contribution >= 0.6 is 0 Å². The maximum Gasteiger partial charge on any atom is 0.0353 e. The fourth-order valence-corrected chi connectivity index (χ4v) is 2.32. The lowest BCUT2D eigenvalue weighted by molar-refractivity contribution is 1.36. The Morgan fingerprint density at radius 1 is 1.00 bits per heavy atom. The fraction of sp³-hybridized carbons (Fsp3) is 0. The molecule has 1 heterocycles. The van der Waals surface area contributed by atoms with Crippen LogP contribution in [0.1, 0.15) is 0 Å². The minimum Gasteiger partial charge on any atom is -0.404 e. The van der Waals surface area contributed by atoms with Crippen LogP contribution in [0.15, 0.2) is 42.7 Å². The lowest BCUT2D eigenvalue weighted by atomic mass is 10.00. The summed E-state index contributed by atoms with van der Waals surface area (Å²) in [6.07, 6.45) is 5.26. The van der Waals surface area contributed by atoms with Crippen molar-refractivity contribution < 1.29 is 0 Å². The first kappa shape index (κ1) is 9.85. The fourth-order valence-electron chi connectivity index (χ4n) is 2.32. The molecular formula is C15H12N2. The summed E-state index contributed by atoms with van der Waals surface area (Å²) in [5.41, 5.74) is 5.71. The lowest BCUT2D eigenvalue weighted by Crippen LogP contribution is -2.26. The van der Waals surface area contributed by atoms with Gasteiger partial charge >= 0.3 is 0 Å². The summed E-state index contributed by atoms with van der Waals surface area (Å²) in [4.78, 5) is 4.17. The topological polar surface area (TPSA) is 38.9 Å². The molecule has 3 rings (SSSR count). The van der Waals surface area contributed by atoms with E-state index in [4.69, 9.17) is 5.73 Å². The van der Waals surface area contributed by atoms with Crippen LogP contribution in [0.25, 0.3) is 34.3 Å². The molecule has 17 heavy (non-hydrogen) atoms. The van der Waals surface area contributed by atoms with Crippen LogP contribution in [0, 0.1) is 0 Å². The van der Waals surface area contributed by atoms with Crippen LogP contribution in [0.4, 0.5) is 0 Å². The number of aromatic nitrogens is 1. The van der Waals surface area contributed by atoms with E-state index in [1.54, 1.807) is 12.4 Å². The molecule has 2 nitrogen and oxygen atoms in total. The average molecular weight is 220 g/mol. The van der Waals surface area contributed by atoms with E-state index >= 15 is 0 Å². The summed E-state index contributed by atoms with van der Waals surface area (Å²) in [6.45, 7) is 4.13. The van der Waals surface area contributed by atoms with Gasteiger partial charge in [-0.05, 0) is 27.4 Å². The quantitative estimate of drug-likeness (QED) is 0.583. The molecule has 0 bridgehead atoms. The monoisotopic (exact) mass is 220 g/mol. The number of nitrogens with zero attached hydrogens (tertiary/aromatic N) is 1. The molecule has 82 valence electrons. The van der Waals surface area contributed by atoms with Crippen molar-refractivity contribution in [2.75, 3.05) is 0 Å². The van der Waals surface area contributed by atoms with Gasteiger partial charge in [0.25, 0.3) is 0 Å². The van der Waals surface area contributed by atoms with E-state index in [0.717, 1.165) is 21.2 Å². The zero-order valence-corrected chi connectivity index (χ0v) is 9.35. The first-order valence-electron chi connectivity index (χ1n) is 5.48. The highest BCUT2D eigenvalue weighted by atomic mass is 14.6. The summed E-state index contributed by atoms with van der Waals surface area (Å²) < 4.78 is 0. The highest BCUT2D eigenvalue weighted by Gasteiger charge is 2.03. The van der Waals surface area contributed by atoms with Gasteiger partial charge < -0.3 is 5.73 Å². The number of hydrogen-bond acceptors (Lipinski definition) is 2. The molecule has 0 fully saturated rings. The third-order valence-electron chi connectivity index (χ3n) is 3.15. The number of rotatable bonds is 0. The molecule has 0 saturated carbocycles. The molecule has 0 aliphatic carbocycles. The normalized spacial score (nSPS) is 12.4. The van der Waals surface area contributed by atoms with E-state index in [9.17, 15) is 0 Å². The molecule has 0 radical (unpaired) electrons. The molecule has 2 N–H and O–H groups in total. The first-order chi connectivity index (χ1) is 8.33. The van der Waals surface area contributed by atoms with E-state index < -0.39 is 0 Å². The lowest BCUT2D eigenvalue weighted by Gasteiger charge is -2.05. The molecule has 1 aromatic heterocycles. The number of hydrogen-bond donors (Lipinski definition) is 1. The first-order valence-corrected chi connectivity index (χ1v) is 5.48. The molecule has 2 heteroatoms. The van der Waals surface area contributed by atoms with Crippen molar-refractivity contribution in [3.63, 3.8) is 0 Å². The Balaban J connectivity index is 2.80. The molecule has 0 amide bonds. The Bertz CT molecular complexity index is 819. The van der Waals surface area contributed by atoms with E-state index in [-0.39, 0.29) is 0 Å². The van der Waals surface area contributed by atoms with Gasteiger partial charge in [-0.2, -0.15) is 0 Å². The van der Waals surface area contributed by atoms with E-state index in [2.05, 4.69) is 23.7 Å². The van der Waals surface area contributed by atoms with Gasteiger partial charge in [0.15, 0.2) is 0 Å². The van der Waals surface area contributed by atoms with E-state index in [1.165, 1.54) is 10.8 Å². The highest BCUT2D eigenvalue weighted by Crippen LogP contribution is 2.18. The third-order valence-corrected chi connectivity index (χ3v) is 3.15. The Labute approximate surface area is 98.7 Å². The Kier molecular flexibility index (Phi) is 2.08. The smallest absolute Gasteiger partial charge is 0.0353 e. The van der Waals surface area contributed by atoms with Crippen LogP contribution < -0.4 is 16.2 Å². The van der Waals surface area contributed by atoms with Gasteiger partial charge in [-0.25, -0.2) is 0 Å². The van der Waals surface area contributed by atoms with Crippen molar-refractivity contribution in [2.45, 2.75) is 0 Å². The highest BCUT2D eigenvalue weighted by molar-refractivity contribution is 6.07. The van der Waals surface area contributed by atoms with Gasteiger partial charge in [0.05, 0.1) is 0 Å². The standard InChI is InChI=1S/C15H12N2/c1-10-11-4-2-3-5-12(11)13-6-7-17-9-15(13)14(10)8-16/h2-9H,1,16H2/b14-8+. The van der Waals surface area contributed by atoms with Crippen LogP contribution in [-0.4, -0.2) is 4.98 Å². The maximum absolute atomic E-state index is 5.71. The predicted octanol–water partition coefficient (Wildman–Crippen LogP) is 1.50. The van der Waals surface area contributed by atoms with Crippen molar-refractivity contribution in [2.24, 2.45) is 5.73 Å². The third kappa shape index (κ3) is 1.31. The minimum atomic E-state index is 0.962. The van der Waals surface area contributed by atoms with Gasteiger partial charge in [0.1, 0.15) is 0 Å². The number of pyridine rings is 1. The summed E-state index contributed by atoms with van der Waals surface area (Å²) in [6, 6.07) is 10.2. The van der Waals surface area contributed by atoms with Crippen LogP contribution in [0.2, 0.25) is 0 Å². The van der Waals surface area contributed by atoms with Crippen LogP contribution in [0.3, 0.4) is 0 Å². The van der Waals surface area contributed by atoms with Crippen LogP contribution in [-0.2, 0) is 0 Å². The molecule has 0 aliphatic rings. The van der Waals surface area contributed by atoms with Gasteiger partial charge in [0, 0.05) is 29.2 Å². The largest absolute Gasteiger partial charge is 0.404 e. The number of fused-ring (bicyclic) bond motifs is 3. The SMILES string of the molecule is C=c1/c(=C\N)c2cnccc2c2ccccc12. The van der Waals surface area contributed by atoms with Crippen molar-refractivity contribution in [1.29, 1.82) is 0 Å². The molecule has 0 spiro atoms. The van der Waals surface area contributed by atoms with E-state index in [0.29, 0.717) is 0 Å². The summed E-state index contributed by atoms with van der Waals surface area (Å²) in [5, 5.41) is 6.48.